The summed E-state index contributed by atoms with van der Waals surface area (Å²) < 4.78 is 10.6. The Balaban J connectivity index is 1.80. The zero-order valence-electron chi connectivity index (χ0n) is 11.8. The smallest absolute Gasteiger partial charge is 0.344 e. The lowest BCUT2D eigenvalue weighted by molar-refractivity contribution is -0.147. The molecule has 0 amide bonds. The van der Waals surface area contributed by atoms with E-state index in [2.05, 4.69) is 6.07 Å². The van der Waals surface area contributed by atoms with Gasteiger partial charge in [-0.05, 0) is 42.7 Å². The van der Waals surface area contributed by atoms with E-state index in [4.69, 9.17) is 9.47 Å². The SMILES string of the molecule is Cc1cc(C)cc(OCC(=O)OCc2ccccc2)c1. The lowest BCUT2D eigenvalue weighted by Crippen LogP contribution is -2.14. The second kappa shape index (κ2) is 6.75. The van der Waals surface area contributed by atoms with Crippen molar-refractivity contribution < 1.29 is 14.3 Å². The Kier molecular flexibility index (Phi) is 4.77. The van der Waals surface area contributed by atoms with Crippen molar-refractivity contribution in [1.29, 1.82) is 0 Å². The van der Waals surface area contributed by atoms with Gasteiger partial charge >= 0.3 is 5.97 Å². The third-order valence-electron chi connectivity index (χ3n) is 2.79. The molecule has 0 spiro atoms. The number of esters is 1. The average molecular weight is 270 g/mol. The summed E-state index contributed by atoms with van der Waals surface area (Å²) in [5, 5.41) is 0. The molecular formula is C17H18O3. The number of carbonyl (C=O) groups is 1. The van der Waals surface area contributed by atoms with Crippen LogP contribution in [0.3, 0.4) is 0 Å². The van der Waals surface area contributed by atoms with Crippen LogP contribution in [-0.4, -0.2) is 12.6 Å². The monoisotopic (exact) mass is 270 g/mol. The first kappa shape index (κ1) is 14.1. The first-order valence-corrected chi connectivity index (χ1v) is 6.54. The first-order valence-electron chi connectivity index (χ1n) is 6.54. The number of hydrogen-bond acceptors (Lipinski definition) is 3. The lowest BCUT2D eigenvalue weighted by Gasteiger charge is -2.08. The highest BCUT2D eigenvalue weighted by atomic mass is 16.6. The molecule has 0 aliphatic carbocycles. The Morgan fingerprint density at radius 1 is 1.00 bits per heavy atom. The third-order valence-corrected chi connectivity index (χ3v) is 2.79. The van der Waals surface area contributed by atoms with Crippen LogP contribution in [0.5, 0.6) is 5.75 Å². The highest BCUT2D eigenvalue weighted by Crippen LogP contribution is 2.16. The molecule has 0 atom stereocenters. The largest absolute Gasteiger partial charge is 0.482 e. The van der Waals surface area contributed by atoms with Crippen LogP contribution in [0, 0.1) is 13.8 Å². The summed E-state index contributed by atoms with van der Waals surface area (Å²) in [5.41, 5.74) is 3.18. The van der Waals surface area contributed by atoms with Gasteiger partial charge in [0, 0.05) is 0 Å². The Morgan fingerprint density at radius 2 is 1.65 bits per heavy atom. The van der Waals surface area contributed by atoms with E-state index in [9.17, 15) is 4.79 Å². The van der Waals surface area contributed by atoms with Crippen LogP contribution in [0.2, 0.25) is 0 Å². The van der Waals surface area contributed by atoms with Crippen LogP contribution in [0.4, 0.5) is 0 Å². The van der Waals surface area contributed by atoms with Crippen molar-refractivity contribution in [1.82, 2.24) is 0 Å². The summed E-state index contributed by atoms with van der Waals surface area (Å²) in [6, 6.07) is 15.4. The van der Waals surface area contributed by atoms with Crippen molar-refractivity contribution in [2.75, 3.05) is 6.61 Å². The van der Waals surface area contributed by atoms with E-state index >= 15 is 0 Å². The van der Waals surface area contributed by atoms with Gasteiger partial charge in [-0.1, -0.05) is 36.4 Å². The first-order chi connectivity index (χ1) is 9.63. The predicted octanol–water partition coefficient (Wildman–Crippen LogP) is 3.43. The molecule has 0 fully saturated rings. The quantitative estimate of drug-likeness (QED) is 0.781. The van der Waals surface area contributed by atoms with Crippen LogP contribution < -0.4 is 4.74 Å². The van der Waals surface area contributed by atoms with Gasteiger partial charge in [0.1, 0.15) is 12.4 Å². The lowest BCUT2D eigenvalue weighted by atomic mass is 10.1. The molecule has 0 heterocycles. The van der Waals surface area contributed by atoms with Crippen LogP contribution >= 0.6 is 0 Å². The molecule has 0 N–H and O–H groups in total. The molecule has 0 saturated heterocycles. The Bertz CT molecular complexity index is 556. The molecule has 0 aromatic heterocycles. The minimum Gasteiger partial charge on any atom is -0.482 e. The van der Waals surface area contributed by atoms with Gasteiger partial charge in [-0.15, -0.1) is 0 Å². The van der Waals surface area contributed by atoms with E-state index in [1.807, 2.05) is 56.3 Å². The maximum absolute atomic E-state index is 11.6. The normalized spacial score (nSPS) is 10.1. The standard InChI is InChI=1S/C17H18O3/c1-13-8-14(2)10-16(9-13)19-12-17(18)20-11-15-6-4-3-5-7-15/h3-10H,11-12H2,1-2H3. The van der Waals surface area contributed by atoms with Crippen molar-refractivity contribution in [2.24, 2.45) is 0 Å². The maximum Gasteiger partial charge on any atom is 0.344 e. The zero-order chi connectivity index (χ0) is 14.4. The van der Waals surface area contributed by atoms with Crippen molar-refractivity contribution in [3.05, 3.63) is 65.2 Å². The van der Waals surface area contributed by atoms with E-state index in [0.717, 1.165) is 16.7 Å². The summed E-state index contributed by atoms with van der Waals surface area (Å²) >= 11 is 0. The van der Waals surface area contributed by atoms with E-state index in [1.54, 1.807) is 0 Å². The minimum atomic E-state index is -0.368. The Morgan fingerprint density at radius 3 is 2.30 bits per heavy atom. The second-order valence-corrected chi connectivity index (χ2v) is 4.76. The van der Waals surface area contributed by atoms with Crippen molar-refractivity contribution in [2.45, 2.75) is 20.5 Å². The molecule has 0 unspecified atom stereocenters. The number of ether oxygens (including phenoxy) is 2. The van der Waals surface area contributed by atoms with Crippen LogP contribution in [0.15, 0.2) is 48.5 Å². The van der Waals surface area contributed by atoms with Crippen LogP contribution in [-0.2, 0) is 16.1 Å². The van der Waals surface area contributed by atoms with Crippen LogP contribution in [0.1, 0.15) is 16.7 Å². The van der Waals surface area contributed by atoms with Gasteiger partial charge in [0.15, 0.2) is 6.61 Å². The minimum absolute atomic E-state index is 0.0737. The van der Waals surface area contributed by atoms with Crippen molar-refractivity contribution >= 4 is 5.97 Å². The molecule has 20 heavy (non-hydrogen) atoms. The summed E-state index contributed by atoms with van der Waals surface area (Å²) in [6.45, 7) is 4.19. The topological polar surface area (TPSA) is 35.5 Å². The Hall–Kier alpha value is -2.29. The molecule has 0 radical (unpaired) electrons. The summed E-state index contributed by atoms with van der Waals surface area (Å²) in [4.78, 5) is 11.6. The summed E-state index contributed by atoms with van der Waals surface area (Å²) in [6.07, 6.45) is 0. The van der Waals surface area contributed by atoms with Gasteiger partial charge in [-0.3, -0.25) is 0 Å². The molecule has 2 aromatic carbocycles. The van der Waals surface area contributed by atoms with E-state index < -0.39 is 0 Å². The zero-order valence-corrected chi connectivity index (χ0v) is 11.8. The van der Waals surface area contributed by atoms with Gasteiger partial charge in [-0.2, -0.15) is 0 Å². The molecule has 104 valence electrons. The molecule has 0 aliphatic rings. The number of carbonyl (C=O) groups excluding carboxylic acids is 1. The van der Waals surface area contributed by atoms with Gasteiger partial charge in [0.2, 0.25) is 0 Å². The van der Waals surface area contributed by atoms with E-state index in [1.165, 1.54) is 0 Å². The van der Waals surface area contributed by atoms with Crippen molar-refractivity contribution in [3.63, 3.8) is 0 Å². The molecule has 0 aliphatic heterocycles. The average Bonchev–Trinajstić information content (AvgIpc) is 2.43. The second-order valence-electron chi connectivity index (χ2n) is 4.76. The van der Waals surface area contributed by atoms with E-state index in [0.29, 0.717) is 5.75 Å². The number of benzene rings is 2. The highest BCUT2D eigenvalue weighted by molar-refractivity contribution is 5.71. The molecule has 3 heteroatoms. The molecule has 0 saturated carbocycles. The summed E-state index contributed by atoms with van der Waals surface area (Å²) in [5.74, 6) is 0.326. The maximum atomic E-state index is 11.6. The van der Waals surface area contributed by atoms with Gasteiger partial charge in [-0.25, -0.2) is 4.79 Å². The predicted molar refractivity (Wildman–Crippen MR) is 77.6 cm³/mol. The van der Waals surface area contributed by atoms with E-state index in [-0.39, 0.29) is 19.2 Å². The number of aryl methyl sites for hydroxylation is 2. The van der Waals surface area contributed by atoms with Gasteiger partial charge in [0.25, 0.3) is 0 Å². The molecule has 2 rings (SSSR count). The molecule has 2 aromatic rings. The Labute approximate surface area is 119 Å². The van der Waals surface area contributed by atoms with Gasteiger partial charge < -0.3 is 9.47 Å². The summed E-state index contributed by atoms with van der Waals surface area (Å²) in [7, 11) is 0. The highest BCUT2D eigenvalue weighted by Gasteiger charge is 2.05. The molecule has 3 nitrogen and oxygen atoms in total. The molecular weight excluding hydrogens is 252 g/mol. The number of rotatable bonds is 5. The number of hydrogen-bond donors (Lipinski definition) is 0. The molecule has 0 bridgehead atoms. The fourth-order valence-electron chi connectivity index (χ4n) is 1.94. The van der Waals surface area contributed by atoms with Crippen molar-refractivity contribution in [3.8, 4) is 5.75 Å². The fourth-order valence-corrected chi connectivity index (χ4v) is 1.94. The third kappa shape index (κ3) is 4.43. The van der Waals surface area contributed by atoms with Gasteiger partial charge in [0.05, 0.1) is 0 Å². The fraction of sp³-hybridized carbons (Fsp3) is 0.235. The van der Waals surface area contributed by atoms with Crippen LogP contribution in [0.25, 0.3) is 0 Å².